The van der Waals surface area contributed by atoms with Gasteiger partial charge in [0.25, 0.3) is 0 Å². The van der Waals surface area contributed by atoms with E-state index in [-0.39, 0.29) is 5.78 Å². The summed E-state index contributed by atoms with van der Waals surface area (Å²) in [5.74, 6) is 0.546. The van der Waals surface area contributed by atoms with Gasteiger partial charge in [-0.15, -0.1) is 0 Å². The first-order valence-electron chi connectivity index (χ1n) is 2.87. The van der Waals surface area contributed by atoms with Gasteiger partial charge in [-0.2, -0.15) is 0 Å². The molecule has 0 aromatic heterocycles. The molecule has 1 aliphatic carbocycles. The standard InChI is InChI=1S/C6H11NO/c1-4-3-6(4,7)5(2)8/h4H,3,7H2,1-2H3/t4-,6-/m1/s1. The van der Waals surface area contributed by atoms with Crippen LogP contribution in [0.25, 0.3) is 0 Å². The number of hydrogen-bond acceptors (Lipinski definition) is 2. The summed E-state index contributed by atoms with van der Waals surface area (Å²) in [6.07, 6.45) is 0.877. The van der Waals surface area contributed by atoms with Gasteiger partial charge in [0.2, 0.25) is 0 Å². The number of Topliss-reactive ketones (excluding diaryl/α,β-unsaturated/α-hetero) is 1. The molecule has 0 spiro atoms. The van der Waals surface area contributed by atoms with Crippen molar-refractivity contribution in [1.29, 1.82) is 0 Å². The zero-order chi connectivity index (χ0) is 6.36. The van der Waals surface area contributed by atoms with E-state index in [0.29, 0.717) is 5.92 Å². The van der Waals surface area contributed by atoms with Gasteiger partial charge in [-0.1, -0.05) is 6.92 Å². The molecule has 0 bridgehead atoms. The molecule has 1 saturated carbocycles. The van der Waals surface area contributed by atoms with Crippen LogP contribution in [0.15, 0.2) is 0 Å². The molecular formula is C6H11NO. The van der Waals surface area contributed by atoms with E-state index in [2.05, 4.69) is 0 Å². The Bertz CT molecular complexity index is 132. The van der Waals surface area contributed by atoms with Crippen molar-refractivity contribution in [3.8, 4) is 0 Å². The highest BCUT2D eigenvalue weighted by Crippen LogP contribution is 2.40. The molecule has 0 radical (unpaired) electrons. The highest BCUT2D eigenvalue weighted by atomic mass is 16.1. The molecule has 2 nitrogen and oxygen atoms in total. The summed E-state index contributed by atoms with van der Waals surface area (Å²) in [6, 6.07) is 0. The van der Waals surface area contributed by atoms with Gasteiger partial charge in [0.15, 0.2) is 0 Å². The normalized spacial score (nSPS) is 44.1. The number of hydrogen-bond donors (Lipinski definition) is 1. The maximum atomic E-state index is 10.6. The maximum absolute atomic E-state index is 10.6. The minimum absolute atomic E-state index is 0.130. The fraction of sp³-hybridized carbons (Fsp3) is 0.833. The number of carbonyl (C=O) groups is 1. The molecule has 1 fully saturated rings. The monoisotopic (exact) mass is 113 g/mol. The smallest absolute Gasteiger partial charge is 0.149 e. The molecule has 1 aliphatic rings. The van der Waals surface area contributed by atoms with Crippen molar-refractivity contribution in [1.82, 2.24) is 0 Å². The van der Waals surface area contributed by atoms with E-state index < -0.39 is 5.54 Å². The van der Waals surface area contributed by atoms with Crippen molar-refractivity contribution in [3.63, 3.8) is 0 Å². The molecule has 0 heterocycles. The fourth-order valence-electron chi connectivity index (χ4n) is 0.938. The van der Waals surface area contributed by atoms with E-state index >= 15 is 0 Å². The van der Waals surface area contributed by atoms with Crippen LogP contribution in [0, 0.1) is 5.92 Å². The van der Waals surface area contributed by atoms with Crippen molar-refractivity contribution in [2.24, 2.45) is 11.7 Å². The zero-order valence-electron chi connectivity index (χ0n) is 5.27. The van der Waals surface area contributed by atoms with E-state index in [4.69, 9.17) is 5.73 Å². The third kappa shape index (κ3) is 0.564. The van der Waals surface area contributed by atoms with Crippen LogP contribution in [-0.4, -0.2) is 11.3 Å². The summed E-state index contributed by atoms with van der Waals surface area (Å²) in [5.41, 5.74) is 5.15. The maximum Gasteiger partial charge on any atom is 0.149 e. The molecule has 0 aliphatic heterocycles. The average molecular weight is 113 g/mol. The van der Waals surface area contributed by atoms with Gasteiger partial charge in [-0.3, -0.25) is 4.79 Å². The summed E-state index contributed by atoms with van der Waals surface area (Å²) in [7, 11) is 0. The van der Waals surface area contributed by atoms with E-state index in [9.17, 15) is 4.79 Å². The van der Waals surface area contributed by atoms with Crippen LogP contribution in [0.1, 0.15) is 20.3 Å². The first-order valence-corrected chi connectivity index (χ1v) is 2.87. The van der Waals surface area contributed by atoms with Gasteiger partial charge in [-0.05, 0) is 19.3 Å². The lowest BCUT2D eigenvalue weighted by atomic mass is 10.1. The second-order valence-corrected chi connectivity index (χ2v) is 2.70. The van der Waals surface area contributed by atoms with E-state index in [1.54, 1.807) is 6.92 Å². The first kappa shape index (κ1) is 5.76. The Hall–Kier alpha value is -0.370. The van der Waals surface area contributed by atoms with E-state index in [1.807, 2.05) is 6.92 Å². The highest BCUT2D eigenvalue weighted by Gasteiger charge is 2.51. The van der Waals surface area contributed by atoms with Gasteiger partial charge >= 0.3 is 0 Å². The molecule has 0 aromatic rings. The Kier molecular flexibility index (Phi) is 0.949. The molecule has 0 saturated heterocycles. The third-order valence-corrected chi connectivity index (χ3v) is 2.02. The van der Waals surface area contributed by atoms with Crippen LogP contribution in [-0.2, 0) is 4.79 Å². The lowest BCUT2D eigenvalue weighted by Gasteiger charge is -2.00. The molecule has 2 heteroatoms. The van der Waals surface area contributed by atoms with Gasteiger partial charge in [0, 0.05) is 0 Å². The molecular weight excluding hydrogens is 102 g/mol. The molecule has 2 atom stereocenters. The predicted octanol–water partition coefficient (Wildman–Crippen LogP) is 0.313. The van der Waals surface area contributed by atoms with Crippen molar-refractivity contribution in [3.05, 3.63) is 0 Å². The quantitative estimate of drug-likeness (QED) is 0.532. The van der Waals surface area contributed by atoms with Gasteiger partial charge in [-0.25, -0.2) is 0 Å². The van der Waals surface area contributed by atoms with Crippen LogP contribution in [0.3, 0.4) is 0 Å². The second kappa shape index (κ2) is 1.32. The average Bonchev–Trinajstić information content (AvgIpc) is 2.17. The van der Waals surface area contributed by atoms with Crippen LogP contribution in [0.5, 0.6) is 0 Å². The molecule has 46 valence electrons. The molecule has 0 unspecified atom stereocenters. The summed E-state index contributed by atoms with van der Waals surface area (Å²) >= 11 is 0. The summed E-state index contributed by atoms with van der Waals surface area (Å²) in [4.78, 5) is 10.6. The first-order chi connectivity index (χ1) is 3.57. The Morgan fingerprint density at radius 3 is 2.25 bits per heavy atom. The molecule has 1 rings (SSSR count). The number of nitrogens with two attached hydrogens (primary N) is 1. The third-order valence-electron chi connectivity index (χ3n) is 2.02. The molecule has 2 N–H and O–H groups in total. The van der Waals surface area contributed by atoms with Crippen molar-refractivity contribution < 1.29 is 4.79 Å². The van der Waals surface area contributed by atoms with Crippen molar-refractivity contribution in [2.75, 3.05) is 0 Å². The number of rotatable bonds is 1. The zero-order valence-corrected chi connectivity index (χ0v) is 5.27. The molecule has 0 amide bonds. The van der Waals surface area contributed by atoms with Crippen molar-refractivity contribution >= 4 is 5.78 Å². The Morgan fingerprint density at radius 2 is 2.25 bits per heavy atom. The van der Waals surface area contributed by atoms with Crippen LogP contribution < -0.4 is 5.73 Å². The van der Waals surface area contributed by atoms with E-state index in [0.717, 1.165) is 6.42 Å². The summed E-state index contributed by atoms with van der Waals surface area (Å²) < 4.78 is 0. The Balaban J connectivity index is 2.60. The van der Waals surface area contributed by atoms with Crippen LogP contribution in [0.4, 0.5) is 0 Å². The largest absolute Gasteiger partial charge is 0.319 e. The SMILES string of the molecule is CC(=O)[C@@]1(N)C[C@H]1C. The van der Waals surface area contributed by atoms with Crippen LogP contribution in [0.2, 0.25) is 0 Å². The lowest BCUT2D eigenvalue weighted by Crippen LogP contribution is -2.32. The minimum atomic E-state index is -0.431. The minimum Gasteiger partial charge on any atom is -0.319 e. The van der Waals surface area contributed by atoms with Gasteiger partial charge in [0.1, 0.15) is 5.78 Å². The Labute approximate surface area is 49.1 Å². The second-order valence-electron chi connectivity index (χ2n) is 2.70. The topological polar surface area (TPSA) is 43.1 Å². The molecule has 0 aromatic carbocycles. The summed E-state index contributed by atoms with van der Waals surface area (Å²) in [6.45, 7) is 3.56. The fourth-order valence-corrected chi connectivity index (χ4v) is 0.938. The van der Waals surface area contributed by atoms with Crippen LogP contribution >= 0.6 is 0 Å². The predicted molar refractivity (Wildman–Crippen MR) is 31.4 cm³/mol. The van der Waals surface area contributed by atoms with Gasteiger partial charge < -0.3 is 5.73 Å². The number of ketones is 1. The lowest BCUT2D eigenvalue weighted by molar-refractivity contribution is -0.119. The Morgan fingerprint density at radius 1 is 1.88 bits per heavy atom. The highest BCUT2D eigenvalue weighted by molar-refractivity contribution is 5.89. The number of carbonyl (C=O) groups excluding carboxylic acids is 1. The summed E-state index contributed by atoms with van der Waals surface area (Å²) in [5, 5.41) is 0. The van der Waals surface area contributed by atoms with Crippen molar-refractivity contribution in [2.45, 2.75) is 25.8 Å². The van der Waals surface area contributed by atoms with Gasteiger partial charge in [0.05, 0.1) is 5.54 Å². The van der Waals surface area contributed by atoms with E-state index in [1.165, 1.54) is 0 Å². The molecule has 8 heavy (non-hydrogen) atoms.